The van der Waals surface area contributed by atoms with Crippen molar-refractivity contribution in [1.82, 2.24) is 4.98 Å². The first-order chi connectivity index (χ1) is 7.54. The summed E-state index contributed by atoms with van der Waals surface area (Å²) >= 11 is 7.05. The third-order valence-electron chi connectivity index (χ3n) is 2.82. The monoisotopic (exact) mass is 343 g/mol. The van der Waals surface area contributed by atoms with Crippen LogP contribution in [0.4, 0.5) is 0 Å². The van der Waals surface area contributed by atoms with Crippen LogP contribution >= 0.6 is 31.9 Å². The molecule has 16 heavy (non-hydrogen) atoms. The smallest absolute Gasteiger partial charge is 0.198 e. The third-order valence-corrected chi connectivity index (χ3v) is 3.84. The Labute approximate surface area is 112 Å². The molecule has 0 aliphatic carbocycles. The summed E-state index contributed by atoms with van der Waals surface area (Å²) in [6.07, 6.45) is 3.07. The van der Waals surface area contributed by atoms with E-state index in [1.54, 1.807) is 0 Å². The summed E-state index contributed by atoms with van der Waals surface area (Å²) in [5.41, 5.74) is 4.66. The maximum atomic E-state index is 4.64. The first kappa shape index (κ1) is 12.0. The molecule has 2 nitrogen and oxygen atoms in total. The number of aryl methyl sites for hydroxylation is 2. The van der Waals surface area contributed by atoms with Gasteiger partial charge in [-0.2, -0.15) is 4.40 Å². The molecule has 0 unspecified atom stereocenters. The molecule has 0 aliphatic heterocycles. The van der Waals surface area contributed by atoms with E-state index in [1.807, 2.05) is 6.07 Å². The summed E-state index contributed by atoms with van der Waals surface area (Å²) < 4.78 is 4.18. The van der Waals surface area contributed by atoms with E-state index in [0.29, 0.717) is 0 Å². The minimum atomic E-state index is 0.968. The van der Waals surface area contributed by atoms with Gasteiger partial charge in [0.2, 0.25) is 0 Å². The molecule has 0 spiro atoms. The standard InChI is InChI=1S/C12H13Br2N2/c1-4-10-7(2)15-12-11(14)5-9(13)6-16(12)8(10)3/h5-6H,4H2,1-3H3/q+1. The van der Waals surface area contributed by atoms with Gasteiger partial charge < -0.3 is 0 Å². The lowest BCUT2D eigenvalue weighted by Crippen LogP contribution is -2.29. The highest BCUT2D eigenvalue weighted by atomic mass is 79.9. The molecular formula is C12H13Br2N2+. The number of rotatable bonds is 1. The van der Waals surface area contributed by atoms with Crippen LogP contribution in [0.5, 0.6) is 0 Å². The molecule has 0 atom stereocenters. The molecule has 2 rings (SSSR count). The van der Waals surface area contributed by atoms with E-state index in [9.17, 15) is 0 Å². The third kappa shape index (κ3) is 1.89. The van der Waals surface area contributed by atoms with E-state index in [4.69, 9.17) is 0 Å². The van der Waals surface area contributed by atoms with E-state index in [-0.39, 0.29) is 0 Å². The molecule has 2 aromatic heterocycles. The van der Waals surface area contributed by atoms with Crippen molar-refractivity contribution in [3.63, 3.8) is 0 Å². The average molecular weight is 345 g/mol. The van der Waals surface area contributed by atoms with Crippen molar-refractivity contribution in [2.45, 2.75) is 27.2 Å². The molecule has 0 N–H and O–H groups in total. The van der Waals surface area contributed by atoms with Crippen molar-refractivity contribution in [2.75, 3.05) is 0 Å². The zero-order valence-electron chi connectivity index (χ0n) is 9.51. The predicted molar refractivity (Wildman–Crippen MR) is 71.6 cm³/mol. The van der Waals surface area contributed by atoms with Crippen molar-refractivity contribution in [3.8, 4) is 0 Å². The predicted octanol–water partition coefficient (Wildman–Crippen LogP) is 3.52. The maximum absolute atomic E-state index is 4.64. The highest BCUT2D eigenvalue weighted by Crippen LogP contribution is 2.20. The zero-order chi connectivity index (χ0) is 11.9. The van der Waals surface area contributed by atoms with Crippen LogP contribution in [0, 0.1) is 13.8 Å². The number of pyridine rings is 1. The topological polar surface area (TPSA) is 17.0 Å². The number of halogens is 2. The van der Waals surface area contributed by atoms with Crippen LogP contribution in [-0.2, 0) is 6.42 Å². The van der Waals surface area contributed by atoms with Crippen molar-refractivity contribution in [2.24, 2.45) is 0 Å². The summed E-state index contributed by atoms with van der Waals surface area (Å²) in [4.78, 5) is 4.64. The molecule has 4 heteroatoms. The fourth-order valence-electron chi connectivity index (χ4n) is 2.03. The second kappa shape index (κ2) is 4.41. The molecule has 2 aromatic rings. The van der Waals surface area contributed by atoms with Gasteiger partial charge >= 0.3 is 5.65 Å². The van der Waals surface area contributed by atoms with Gasteiger partial charge in [-0.15, -0.1) is 0 Å². The van der Waals surface area contributed by atoms with Crippen LogP contribution < -0.4 is 4.40 Å². The Morgan fingerprint density at radius 1 is 1.31 bits per heavy atom. The highest BCUT2D eigenvalue weighted by Gasteiger charge is 2.18. The summed E-state index contributed by atoms with van der Waals surface area (Å²) in [5.74, 6) is 0. The number of nitrogens with zero attached hydrogens (tertiary/aromatic N) is 2. The van der Waals surface area contributed by atoms with Gasteiger partial charge in [0.25, 0.3) is 0 Å². The summed E-state index contributed by atoms with van der Waals surface area (Å²) in [5, 5.41) is 0. The quantitative estimate of drug-likeness (QED) is 0.723. The van der Waals surface area contributed by atoms with Crippen LogP contribution in [0.2, 0.25) is 0 Å². The second-order valence-corrected chi connectivity index (χ2v) is 5.58. The first-order valence-electron chi connectivity index (χ1n) is 5.21. The van der Waals surface area contributed by atoms with Gasteiger partial charge in [-0.05, 0) is 56.3 Å². The minimum Gasteiger partial charge on any atom is -0.198 e. The molecule has 0 fully saturated rings. The molecule has 0 saturated carbocycles. The Kier molecular flexibility index (Phi) is 3.31. The normalized spacial score (nSPS) is 11.1. The number of fused-ring (bicyclic) bond motifs is 1. The molecule has 0 radical (unpaired) electrons. The van der Waals surface area contributed by atoms with Crippen molar-refractivity contribution in [1.29, 1.82) is 0 Å². The molecule has 0 aliphatic rings. The van der Waals surface area contributed by atoms with Gasteiger partial charge in [-0.25, -0.2) is 0 Å². The lowest BCUT2D eigenvalue weighted by Gasteiger charge is -2.05. The fraction of sp³-hybridized carbons (Fsp3) is 0.333. The second-order valence-electron chi connectivity index (χ2n) is 3.81. The van der Waals surface area contributed by atoms with Gasteiger partial charge in [0.1, 0.15) is 16.4 Å². The van der Waals surface area contributed by atoms with Crippen LogP contribution in [0.15, 0.2) is 21.2 Å². The highest BCUT2D eigenvalue weighted by molar-refractivity contribution is 9.11. The lowest BCUT2D eigenvalue weighted by atomic mass is 10.1. The molecule has 0 aromatic carbocycles. The minimum absolute atomic E-state index is 0.968. The maximum Gasteiger partial charge on any atom is 0.342 e. The summed E-state index contributed by atoms with van der Waals surface area (Å²) in [6, 6.07) is 2.02. The van der Waals surface area contributed by atoms with Crippen LogP contribution in [0.3, 0.4) is 0 Å². The molecule has 0 amide bonds. The fourth-order valence-corrected chi connectivity index (χ4v) is 3.30. The average Bonchev–Trinajstić information content (AvgIpc) is 2.21. The summed E-state index contributed by atoms with van der Waals surface area (Å²) in [7, 11) is 0. The Balaban J connectivity index is 2.93. The van der Waals surface area contributed by atoms with Gasteiger partial charge in [-0.3, -0.25) is 0 Å². The van der Waals surface area contributed by atoms with Gasteiger partial charge in [-0.1, -0.05) is 6.92 Å². The van der Waals surface area contributed by atoms with E-state index in [2.05, 4.69) is 68.2 Å². The largest absolute Gasteiger partial charge is 0.342 e. The molecule has 84 valence electrons. The van der Waals surface area contributed by atoms with Crippen molar-refractivity contribution < 1.29 is 4.40 Å². The Hall–Kier alpha value is -0.480. The molecular weight excluding hydrogens is 332 g/mol. The summed E-state index contributed by atoms with van der Waals surface area (Å²) in [6.45, 7) is 6.37. The molecule has 0 saturated heterocycles. The zero-order valence-corrected chi connectivity index (χ0v) is 12.7. The van der Waals surface area contributed by atoms with E-state index in [0.717, 1.165) is 26.7 Å². The van der Waals surface area contributed by atoms with Crippen molar-refractivity contribution >= 4 is 37.5 Å². The Bertz CT molecular complexity index is 565. The Morgan fingerprint density at radius 3 is 2.62 bits per heavy atom. The molecule has 0 bridgehead atoms. The molecule has 2 heterocycles. The van der Waals surface area contributed by atoms with E-state index >= 15 is 0 Å². The lowest BCUT2D eigenvalue weighted by molar-refractivity contribution is -0.524. The number of aromatic nitrogens is 2. The first-order valence-corrected chi connectivity index (χ1v) is 6.79. The van der Waals surface area contributed by atoms with Crippen molar-refractivity contribution in [3.05, 3.63) is 38.2 Å². The SMILES string of the molecule is CCc1c(C)nc2c(Br)cc(Br)c[n+]2c1C. The number of hydrogen-bond acceptors (Lipinski definition) is 1. The van der Waals surface area contributed by atoms with E-state index in [1.165, 1.54) is 11.3 Å². The number of hydrogen-bond donors (Lipinski definition) is 0. The van der Waals surface area contributed by atoms with E-state index < -0.39 is 0 Å². The van der Waals surface area contributed by atoms with Crippen LogP contribution in [0.1, 0.15) is 23.9 Å². The van der Waals surface area contributed by atoms with Crippen LogP contribution in [0.25, 0.3) is 5.65 Å². The Morgan fingerprint density at radius 2 is 2.00 bits per heavy atom. The van der Waals surface area contributed by atoms with Gasteiger partial charge in [0.15, 0.2) is 5.69 Å². The van der Waals surface area contributed by atoms with Gasteiger partial charge in [0.05, 0.1) is 4.47 Å². The van der Waals surface area contributed by atoms with Crippen LogP contribution in [-0.4, -0.2) is 4.98 Å². The van der Waals surface area contributed by atoms with Gasteiger partial charge in [0, 0.05) is 12.5 Å².